The summed E-state index contributed by atoms with van der Waals surface area (Å²) in [6.45, 7) is 0.129. The molecule has 6 heteroatoms. The molecule has 0 aromatic heterocycles. The van der Waals surface area contributed by atoms with Crippen LogP contribution in [0, 0.1) is 0 Å². The van der Waals surface area contributed by atoms with Crippen molar-refractivity contribution in [2.45, 2.75) is 44.2 Å². The van der Waals surface area contributed by atoms with E-state index in [0.717, 1.165) is 25.7 Å². The first-order valence-corrected chi connectivity index (χ1v) is 8.46. The minimum atomic E-state index is -0.769. The van der Waals surface area contributed by atoms with Gasteiger partial charge in [-0.1, -0.05) is 31.4 Å². The first-order chi connectivity index (χ1) is 11.5. The van der Waals surface area contributed by atoms with Crippen LogP contribution < -0.4 is 11.1 Å². The Hall–Kier alpha value is -1.92. The fraction of sp³-hybridized carbons (Fsp3) is 0.556. The number of rotatable bonds is 6. The lowest BCUT2D eigenvalue weighted by Crippen LogP contribution is -2.41. The zero-order valence-electron chi connectivity index (χ0n) is 14.5. The van der Waals surface area contributed by atoms with Crippen LogP contribution in [0.15, 0.2) is 24.3 Å². The minimum Gasteiger partial charge on any atom is -0.383 e. The van der Waals surface area contributed by atoms with Crippen LogP contribution in [0.25, 0.3) is 0 Å². The number of ether oxygens (including phenoxy) is 1. The van der Waals surface area contributed by atoms with Gasteiger partial charge in [-0.15, -0.1) is 0 Å². The maximum absolute atomic E-state index is 12.9. The highest BCUT2D eigenvalue weighted by Crippen LogP contribution is 2.25. The van der Waals surface area contributed by atoms with Gasteiger partial charge in [-0.2, -0.15) is 0 Å². The predicted molar refractivity (Wildman–Crippen MR) is 93.9 cm³/mol. The average molecular weight is 333 g/mol. The molecule has 1 aliphatic rings. The highest BCUT2D eigenvalue weighted by atomic mass is 16.5. The molecule has 0 radical (unpaired) electrons. The lowest BCUT2D eigenvalue weighted by molar-refractivity contribution is -0.118. The number of nitrogens with zero attached hydrogens (tertiary/aromatic N) is 1. The first-order valence-electron chi connectivity index (χ1n) is 8.46. The number of hydrogen-bond donors (Lipinski definition) is 2. The predicted octanol–water partition coefficient (Wildman–Crippen LogP) is 2.00. The van der Waals surface area contributed by atoms with Gasteiger partial charge in [0.05, 0.1) is 17.9 Å². The molecule has 1 saturated carbocycles. The van der Waals surface area contributed by atoms with Crippen LogP contribution in [0.5, 0.6) is 0 Å². The number of amides is 2. The van der Waals surface area contributed by atoms with Crippen LogP contribution in [-0.2, 0) is 9.53 Å². The third kappa shape index (κ3) is 4.55. The van der Waals surface area contributed by atoms with Gasteiger partial charge in [0.1, 0.15) is 6.04 Å². The van der Waals surface area contributed by atoms with E-state index in [9.17, 15) is 9.59 Å². The van der Waals surface area contributed by atoms with Crippen molar-refractivity contribution in [3.05, 3.63) is 29.8 Å². The molecular formula is C18H27N3O3. The molecule has 1 unspecified atom stereocenters. The molecule has 1 fully saturated rings. The number of carbonyl (C=O) groups excluding carboxylic acids is 2. The van der Waals surface area contributed by atoms with Gasteiger partial charge < -0.3 is 20.7 Å². The molecule has 1 aromatic carbocycles. The summed E-state index contributed by atoms with van der Waals surface area (Å²) in [5, 5.41) is 2.74. The van der Waals surface area contributed by atoms with Crippen molar-refractivity contribution in [2.24, 2.45) is 5.73 Å². The molecule has 24 heavy (non-hydrogen) atoms. The molecule has 3 N–H and O–H groups in total. The van der Waals surface area contributed by atoms with Crippen molar-refractivity contribution in [3.8, 4) is 0 Å². The third-order valence-corrected chi connectivity index (χ3v) is 4.54. The number of methoxy groups -OCH3 is 1. The number of para-hydroxylation sites is 1. The van der Waals surface area contributed by atoms with Crippen molar-refractivity contribution < 1.29 is 14.3 Å². The molecule has 0 spiro atoms. The van der Waals surface area contributed by atoms with E-state index in [1.807, 2.05) is 7.05 Å². The van der Waals surface area contributed by atoms with Gasteiger partial charge in [-0.25, -0.2) is 0 Å². The molecular weight excluding hydrogens is 306 g/mol. The monoisotopic (exact) mass is 333 g/mol. The summed E-state index contributed by atoms with van der Waals surface area (Å²) in [7, 11) is 3.33. The molecule has 1 atom stereocenters. The van der Waals surface area contributed by atoms with E-state index in [0.29, 0.717) is 11.3 Å². The van der Waals surface area contributed by atoms with Gasteiger partial charge >= 0.3 is 0 Å². The molecule has 0 heterocycles. The van der Waals surface area contributed by atoms with Gasteiger partial charge in [-0.3, -0.25) is 9.59 Å². The van der Waals surface area contributed by atoms with Crippen LogP contribution >= 0.6 is 0 Å². The van der Waals surface area contributed by atoms with Crippen molar-refractivity contribution in [2.75, 3.05) is 26.1 Å². The van der Waals surface area contributed by atoms with Gasteiger partial charge in [0.15, 0.2) is 0 Å². The fourth-order valence-corrected chi connectivity index (χ4v) is 3.08. The third-order valence-electron chi connectivity index (χ3n) is 4.54. The van der Waals surface area contributed by atoms with Crippen LogP contribution in [0.2, 0.25) is 0 Å². The number of benzene rings is 1. The van der Waals surface area contributed by atoms with Crippen molar-refractivity contribution >= 4 is 17.5 Å². The summed E-state index contributed by atoms with van der Waals surface area (Å²) in [6.07, 6.45) is 5.63. The molecule has 0 bridgehead atoms. The van der Waals surface area contributed by atoms with Gasteiger partial charge in [-0.05, 0) is 25.0 Å². The largest absolute Gasteiger partial charge is 0.383 e. The van der Waals surface area contributed by atoms with E-state index in [1.54, 1.807) is 29.2 Å². The number of anilines is 1. The van der Waals surface area contributed by atoms with E-state index in [2.05, 4.69) is 5.32 Å². The molecule has 0 saturated heterocycles. The number of carbonyl (C=O) groups is 2. The van der Waals surface area contributed by atoms with Gasteiger partial charge in [0, 0.05) is 20.2 Å². The van der Waals surface area contributed by atoms with Gasteiger partial charge in [0.25, 0.3) is 5.91 Å². The minimum absolute atomic E-state index is 0.0712. The summed E-state index contributed by atoms with van der Waals surface area (Å²) < 4.78 is 4.90. The Balaban J connectivity index is 2.12. The summed E-state index contributed by atoms with van der Waals surface area (Å²) in [6, 6.07) is 6.54. The Labute approximate surface area is 143 Å². The standard InChI is InChI=1S/C18H27N3O3/c1-21(13-8-4-3-5-9-13)18(23)14-10-6-7-11-16(14)20-17(22)15(19)12-24-2/h6-7,10-11,13,15H,3-5,8-9,12,19H2,1-2H3,(H,20,22). The summed E-state index contributed by atoms with van der Waals surface area (Å²) >= 11 is 0. The summed E-state index contributed by atoms with van der Waals surface area (Å²) in [5.74, 6) is -0.435. The number of nitrogens with two attached hydrogens (primary N) is 1. The lowest BCUT2D eigenvalue weighted by atomic mass is 9.94. The highest BCUT2D eigenvalue weighted by Gasteiger charge is 2.25. The summed E-state index contributed by atoms with van der Waals surface area (Å²) in [5.41, 5.74) is 6.72. The Morgan fingerprint density at radius 2 is 1.96 bits per heavy atom. The summed E-state index contributed by atoms with van der Waals surface area (Å²) in [4.78, 5) is 26.8. The molecule has 1 aromatic rings. The fourth-order valence-electron chi connectivity index (χ4n) is 3.08. The van der Waals surface area contributed by atoms with E-state index < -0.39 is 6.04 Å². The van der Waals surface area contributed by atoms with Crippen molar-refractivity contribution in [1.29, 1.82) is 0 Å². The Morgan fingerprint density at radius 3 is 2.62 bits per heavy atom. The zero-order valence-corrected chi connectivity index (χ0v) is 14.5. The van der Waals surface area contributed by atoms with E-state index >= 15 is 0 Å². The van der Waals surface area contributed by atoms with Crippen LogP contribution in [-0.4, -0.2) is 49.6 Å². The highest BCUT2D eigenvalue weighted by molar-refractivity contribution is 6.04. The topological polar surface area (TPSA) is 84.7 Å². The second-order valence-electron chi connectivity index (χ2n) is 6.30. The normalized spacial score (nSPS) is 16.5. The lowest BCUT2D eigenvalue weighted by Gasteiger charge is -2.31. The Morgan fingerprint density at radius 1 is 1.29 bits per heavy atom. The molecule has 2 rings (SSSR count). The molecule has 132 valence electrons. The molecule has 2 amide bonds. The zero-order chi connectivity index (χ0) is 17.5. The molecule has 6 nitrogen and oxygen atoms in total. The van der Waals surface area contributed by atoms with Crippen molar-refractivity contribution in [3.63, 3.8) is 0 Å². The quantitative estimate of drug-likeness (QED) is 0.834. The SMILES string of the molecule is COCC(N)C(=O)Nc1ccccc1C(=O)N(C)C1CCCCC1. The van der Waals surface area contributed by atoms with E-state index in [4.69, 9.17) is 10.5 Å². The van der Waals surface area contributed by atoms with Crippen molar-refractivity contribution in [1.82, 2.24) is 4.90 Å². The maximum Gasteiger partial charge on any atom is 0.255 e. The van der Waals surface area contributed by atoms with Gasteiger partial charge in [0.2, 0.25) is 5.91 Å². The number of nitrogens with one attached hydrogen (secondary N) is 1. The Bertz CT molecular complexity index is 570. The maximum atomic E-state index is 12.9. The smallest absolute Gasteiger partial charge is 0.255 e. The molecule has 0 aliphatic heterocycles. The second-order valence-corrected chi connectivity index (χ2v) is 6.30. The van der Waals surface area contributed by atoms with Crippen LogP contribution in [0.4, 0.5) is 5.69 Å². The van der Waals surface area contributed by atoms with Crippen LogP contribution in [0.3, 0.4) is 0 Å². The average Bonchev–Trinajstić information content (AvgIpc) is 2.62. The van der Waals surface area contributed by atoms with E-state index in [1.165, 1.54) is 13.5 Å². The van der Waals surface area contributed by atoms with Crippen LogP contribution in [0.1, 0.15) is 42.5 Å². The Kier molecular flexibility index (Phi) is 6.75. The first kappa shape index (κ1) is 18.4. The molecule has 1 aliphatic carbocycles. The second kappa shape index (κ2) is 8.80. The number of hydrogen-bond acceptors (Lipinski definition) is 4. The van der Waals surface area contributed by atoms with E-state index in [-0.39, 0.29) is 24.5 Å².